The van der Waals surface area contributed by atoms with E-state index in [1.807, 2.05) is 0 Å². The maximum atomic E-state index is 13.5. The normalized spacial score (nSPS) is 12.3. The number of hydrogen-bond donors (Lipinski definition) is 3. The molecule has 4 aromatic rings. The van der Waals surface area contributed by atoms with E-state index in [1.165, 1.54) is 38.2 Å². The van der Waals surface area contributed by atoms with Crippen LogP contribution < -0.4 is 10.6 Å². The van der Waals surface area contributed by atoms with Crippen molar-refractivity contribution in [3.05, 3.63) is 52.2 Å². The Bertz CT molecular complexity index is 1360. The number of nitrogens with one attached hydrogen (secondary N) is 3. The minimum absolute atomic E-state index is 0.0156. The predicted octanol–water partition coefficient (Wildman–Crippen LogP) is 4.93. The van der Waals surface area contributed by atoms with E-state index in [-0.39, 0.29) is 26.6 Å². The highest BCUT2D eigenvalue weighted by atomic mass is 32.1. The predicted molar refractivity (Wildman–Crippen MR) is 114 cm³/mol. The summed E-state index contributed by atoms with van der Waals surface area (Å²) >= 11 is 0.899. The highest BCUT2D eigenvalue weighted by Crippen LogP contribution is 2.41. The molecular weight excluding hydrogens is 449 g/mol. The van der Waals surface area contributed by atoms with Gasteiger partial charge in [0.15, 0.2) is 5.13 Å². The van der Waals surface area contributed by atoms with Crippen molar-refractivity contribution in [3.8, 4) is 0 Å². The average molecular weight is 464 g/mol. The molecule has 0 bridgehead atoms. The fraction of sp³-hybridized carbons (Fsp3) is 0.211. The summed E-state index contributed by atoms with van der Waals surface area (Å²) in [7, 11) is 0. The number of thiazole rings is 1. The number of hydrogen-bond acceptors (Lipinski definition) is 7. The first-order valence-corrected chi connectivity index (χ1v) is 9.95. The molecule has 0 aliphatic rings. The molecule has 2 aromatic heterocycles. The molecule has 32 heavy (non-hydrogen) atoms. The molecule has 4 rings (SSSR count). The van der Waals surface area contributed by atoms with E-state index >= 15 is 0 Å². The Balaban J connectivity index is 1.64. The van der Waals surface area contributed by atoms with Crippen molar-refractivity contribution in [2.75, 3.05) is 10.6 Å². The lowest BCUT2D eigenvalue weighted by atomic mass is 10.0. The van der Waals surface area contributed by atoms with Crippen molar-refractivity contribution in [3.63, 3.8) is 0 Å². The van der Waals surface area contributed by atoms with Gasteiger partial charge < -0.3 is 5.32 Å². The average Bonchev–Trinajstić information content (AvgIpc) is 3.32. The lowest BCUT2D eigenvalue weighted by Crippen LogP contribution is -2.44. The van der Waals surface area contributed by atoms with Crippen LogP contribution in [0, 0.1) is 10.1 Å². The molecule has 0 spiro atoms. The van der Waals surface area contributed by atoms with Crippen LogP contribution in [0.3, 0.4) is 0 Å². The smallest absolute Gasteiger partial charge is 0.371 e. The number of H-pyrrole nitrogens is 1. The summed E-state index contributed by atoms with van der Waals surface area (Å²) in [6.07, 6.45) is -3.24. The number of halogens is 3. The molecule has 9 nitrogen and oxygen atoms in total. The van der Waals surface area contributed by atoms with Gasteiger partial charge in [-0.1, -0.05) is 17.4 Å². The SMILES string of the molecule is CC(C)(Nc1cccc([N+](=O)[O-])c1)C(=O)Nc1nc2c(C(F)(F)F)cc3[nH]ncc3c2s1. The quantitative estimate of drug-likeness (QED) is 0.284. The molecule has 166 valence electrons. The number of non-ortho nitro benzene ring substituents is 1. The lowest BCUT2D eigenvalue weighted by Gasteiger charge is -2.25. The molecule has 3 N–H and O–H groups in total. The van der Waals surface area contributed by atoms with E-state index in [1.54, 1.807) is 6.07 Å². The number of amides is 1. The number of alkyl halides is 3. The summed E-state index contributed by atoms with van der Waals surface area (Å²) in [6.45, 7) is 3.06. The maximum Gasteiger partial charge on any atom is 0.418 e. The summed E-state index contributed by atoms with van der Waals surface area (Å²) in [6, 6.07) is 6.55. The fourth-order valence-corrected chi connectivity index (χ4v) is 4.12. The number of benzene rings is 2. The van der Waals surface area contributed by atoms with Gasteiger partial charge >= 0.3 is 6.18 Å². The monoisotopic (exact) mass is 464 g/mol. The maximum absolute atomic E-state index is 13.5. The number of fused-ring (bicyclic) bond motifs is 3. The standard InChI is InChI=1S/C19H15F3N6O3S/c1-18(2,26-9-4-3-5-10(6-9)28(30)31)16(29)25-17-24-14-12(19(20,21)22)7-13-11(8-23-27-13)15(14)32-17/h3-8,26H,1-2H3,(H,23,27)(H,24,25,29). The molecule has 2 heterocycles. The van der Waals surface area contributed by atoms with Gasteiger partial charge in [0.2, 0.25) is 0 Å². The number of carbonyl (C=O) groups excluding carboxylic acids is 1. The molecule has 0 aliphatic carbocycles. The molecule has 0 unspecified atom stereocenters. The van der Waals surface area contributed by atoms with Gasteiger partial charge in [-0.3, -0.25) is 25.3 Å². The van der Waals surface area contributed by atoms with E-state index < -0.39 is 28.1 Å². The third-order valence-electron chi connectivity index (χ3n) is 4.69. The van der Waals surface area contributed by atoms with Crippen molar-refractivity contribution >= 4 is 54.9 Å². The molecule has 1 amide bonds. The number of rotatable bonds is 5. The van der Waals surface area contributed by atoms with Crippen molar-refractivity contribution < 1.29 is 22.9 Å². The Labute approximate surface area is 181 Å². The Hall–Kier alpha value is -3.74. The van der Waals surface area contributed by atoms with Gasteiger partial charge in [0.25, 0.3) is 11.6 Å². The first-order chi connectivity index (χ1) is 15.0. The van der Waals surface area contributed by atoms with E-state index in [0.717, 1.165) is 17.4 Å². The lowest BCUT2D eigenvalue weighted by molar-refractivity contribution is -0.384. The molecule has 0 atom stereocenters. The van der Waals surface area contributed by atoms with Gasteiger partial charge in [-0.2, -0.15) is 18.3 Å². The third-order valence-corrected chi connectivity index (χ3v) is 5.70. The summed E-state index contributed by atoms with van der Waals surface area (Å²) in [5.41, 5.74) is -2.08. The van der Waals surface area contributed by atoms with Crippen LogP contribution in [-0.2, 0) is 11.0 Å². The van der Waals surface area contributed by atoms with E-state index in [4.69, 9.17) is 0 Å². The van der Waals surface area contributed by atoms with Crippen LogP contribution in [0.2, 0.25) is 0 Å². The van der Waals surface area contributed by atoms with Crippen molar-refractivity contribution in [1.29, 1.82) is 0 Å². The van der Waals surface area contributed by atoms with Gasteiger partial charge in [-0.25, -0.2) is 4.98 Å². The Morgan fingerprint density at radius 1 is 1.25 bits per heavy atom. The van der Waals surface area contributed by atoms with Crippen LogP contribution in [0.5, 0.6) is 0 Å². The van der Waals surface area contributed by atoms with Crippen LogP contribution in [0.1, 0.15) is 19.4 Å². The zero-order valence-corrected chi connectivity index (χ0v) is 17.4. The summed E-state index contributed by atoms with van der Waals surface area (Å²) in [5.74, 6) is -0.583. The minimum atomic E-state index is -4.64. The first kappa shape index (κ1) is 21.5. The van der Waals surface area contributed by atoms with E-state index in [0.29, 0.717) is 11.1 Å². The van der Waals surface area contributed by atoms with Crippen molar-refractivity contribution in [1.82, 2.24) is 15.2 Å². The van der Waals surface area contributed by atoms with E-state index in [9.17, 15) is 28.1 Å². The van der Waals surface area contributed by atoms with Gasteiger partial charge in [-0.15, -0.1) is 0 Å². The minimum Gasteiger partial charge on any atom is -0.371 e. The highest BCUT2D eigenvalue weighted by molar-refractivity contribution is 7.23. The molecular formula is C19H15F3N6O3S. The molecule has 0 aliphatic heterocycles. The molecule has 13 heteroatoms. The summed E-state index contributed by atoms with van der Waals surface area (Å²) < 4.78 is 40.8. The topological polar surface area (TPSA) is 126 Å². The largest absolute Gasteiger partial charge is 0.418 e. The van der Waals surface area contributed by atoms with Crippen LogP contribution in [0.25, 0.3) is 21.1 Å². The fourth-order valence-electron chi connectivity index (χ4n) is 3.12. The molecule has 0 saturated carbocycles. The van der Waals surface area contributed by atoms with Crippen LogP contribution in [-0.4, -0.2) is 31.6 Å². The first-order valence-electron chi connectivity index (χ1n) is 9.13. The summed E-state index contributed by atoms with van der Waals surface area (Å²) in [5, 5.41) is 23.1. The number of anilines is 2. The highest BCUT2D eigenvalue weighted by Gasteiger charge is 2.36. The zero-order valence-electron chi connectivity index (χ0n) is 16.6. The number of aromatic amines is 1. The zero-order chi connectivity index (χ0) is 23.3. The second kappa shape index (κ2) is 7.44. The van der Waals surface area contributed by atoms with Gasteiger partial charge in [0, 0.05) is 23.2 Å². The number of aromatic nitrogens is 3. The van der Waals surface area contributed by atoms with Crippen LogP contribution in [0.4, 0.5) is 29.7 Å². The van der Waals surface area contributed by atoms with Crippen LogP contribution in [0.15, 0.2) is 36.5 Å². The number of carbonyl (C=O) groups is 1. The van der Waals surface area contributed by atoms with E-state index in [2.05, 4.69) is 25.8 Å². The molecule has 2 aromatic carbocycles. The van der Waals surface area contributed by atoms with Crippen LogP contribution >= 0.6 is 11.3 Å². The number of nitro groups is 1. The Kier molecular flexibility index (Phi) is 5.00. The number of nitro benzene ring substituents is 1. The Morgan fingerprint density at radius 3 is 2.69 bits per heavy atom. The summed E-state index contributed by atoms with van der Waals surface area (Å²) in [4.78, 5) is 27.3. The molecule has 0 saturated heterocycles. The van der Waals surface area contributed by atoms with Crippen molar-refractivity contribution in [2.24, 2.45) is 0 Å². The molecule has 0 radical (unpaired) electrons. The third kappa shape index (κ3) is 3.93. The van der Waals surface area contributed by atoms with Gasteiger partial charge in [0.1, 0.15) is 5.54 Å². The van der Waals surface area contributed by atoms with Crippen molar-refractivity contribution in [2.45, 2.75) is 25.6 Å². The Morgan fingerprint density at radius 2 is 2.00 bits per heavy atom. The number of nitrogens with zero attached hydrogens (tertiary/aromatic N) is 3. The second-order valence-electron chi connectivity index (χ2n) is 7.46. The second-order valence-corrected chi connectivity index (χ2v) is 8.46. The van der Waals surface area contributed by atoms with Gasteiger partial charge in [0.05, 0.1) is 32.4 Å². The molecule has 0 fully saturated rings. The van der Waals surface area contributed by atoms with Gasteiger partial charge in [-0.05, 0) is 26.0 Å².